The number of fused-ring (bicyclic) bond motifs is 1. The first-order chi connectivity index (χ1) is 13.2. The van der Waals surface area contributed by atoms with Crippen molar-refractivity contribution in [2.24, 2.45) is 5.92 Å². The average molecular weight is 367 g/mol. The summed E-state index contributed by atoms with van der Waals surface area (Å²) in [5, 5.41) is 0. The summed E-state index contributed by atoms with van der Waals surface area (Å²) in [4.78, 5) is 28.5. The van der Waals surface area contributed by atoms with Gasteiger partial charge < -0.3 is 14.4 Å². The molecule has 1 aromatic carbocycles. The zero-order valence-corrected chi connectivity index (χ0v) is 15.4. The van der Waals surface area contributed by atoms with E-state index < -0.39 is 0 Å². The van der Waals surface area contributed by atoms with Gasteiger partial charge in [0.1, 0.15) is 6.10 Å². The highest BCUT2D eigenvalue weighted by atomic mass is 16.5. The molecule has 4 unspecified atom stereocenters. The molecule has 4 atom stereocenters. The maximum atomic E-state index is 13.4. The van der Waals surface area contributed by atoms with Gasteiger partial charge in [-0.2, -0.15) is 0 Å². The van der Waals surface area contributed by atoms with Gasteiger partial charge in [-0.1, -0.05) is 36.8 Å². The fourth-order valence-corrected chi connectivity index (χ4v) is 5.07. The molecule has 0 spiro atoms. The lowest BCUT2D eigenvalue weighted by Gasteiger charge is -2.35. The lowest BCUT2D eigenvalue weighted by molar-refractivity contribution is -0.136. The predicted octanol–water partition coefficient (Wildman–Crippen LogP) is 3.16. The number of ether oxygens (including phenoxy) is 2. The number of benzene rings is 1. The van der Waals surface area contributed by atoms with Crippen LogP contribution in [0.3, 0.4) is 0 Å². The fraction of sp³-hybridized carbons (Fsp3) is 0.545. The van der Waals surface area contributed by atoms with Crippen LogP contribution >= 0.6 is 0 Å². The van der Waals surface area contributed by atoms with E-state index in [9.17, 15) is 9.59 Å². The van der Waals surface area contributed by atoms with Gasteiger partial charge in [0.05, 0.1) is 23.6 Å². The molecular formula is C22H25NO4. The topological polar surface area (TPSA) is 55.8 Å². The third-order valence-corrected chi connectivity index (χ3v) is 6.40. The first kappa shape index (κ1) is 17.0. The number of Topliss-reactive ketones (excluding diaryl/α,β-unsaturated/α-hetero) is 1. The molecule has 1 amide bonds. The molecule has 1 aromatic rings. The van der Waals surface area contributed by atoms with Gasteiger partial charge in [-0.15, -0.1) is 0 Å². The molecule has 5 nitrogen and oxygen atoms in total. The van der Waals surface area contributed by atoms with Gasteiger partial charge >= 0.3 is 0 Å². The van der Waals surface area contributed by atoms with Crippen LogP contribution in [0.5, 0.6) is 0 Å². The SMILES string of the molecule is O=C1C2=C(OC3CCCCC13)C(=O)N(CC1CCCO1)C2c1ccccc1. The first-order valence-corrected chi connectivity index (χ1v) is 10.2. The average Bonchev–Trinajstić information content (AvgIpc) is 3.31. The van der Waals surface area contributed by atoms with E-state index in [0.717, 1.165) is 50.7 Å². The lowest BCUT2D eigenvalue weighted by Crippen LogP contribution is -2.39. The fourth-order valence-electron chi connectivity index (χ4n) is 5.07. The largest absolute Gasteiger partial charge is 0.483 e. The van der Waals surface area contributed by atoms with Gasteiger partial charge in [-0.25, -0.2) is 0 Å². The maximum Gasteiger partial charge on any atom is 0.290 e. The molecule has 0 radical (unpaired) electrons. The highest BCUT2D eigenvalue weighted by Gasteiger charge is 2.52. The van der Waals surface area contributed by atoms with Crippen LogP contribution in [-0.2, 0) is 19.1 Å². The van der Waals surface area contributed by atoms with Crippen LogP contribution in [0.1, 0.15) is 50.1 Å². The van der Waals surface area contributed by atoms with Crippen LogP contribution in [0.4, 0.5) is 0 Å². The number of carbonyl (C=O) groups excluding carboxylic acids is 2. The molecule has 0 aromatic heterocycles. The third-order valence-electron chi connectivity index (χ3n) is 6.40. The molecule has 0 N–H and O–H groups in total. The Labute approximate surface area is 159 Å². The smallest absolute Gasteiger partial charge is 0.290 e. The minimum absolute atomic E-state index is 0.0406. The molecule has 0 bridgehead atoms. The van der Waals surface area contributed by atoms with Crippen molar-refractivity contribution >= 4 is 11.7 Å². The summed E-state index contributed by atoms with van der Waals surface area (Å²) in [6.45, 7) is 1.26. The number of amides is 1. The Balaban J connectivity index is 1.54. The highest BCUT2D eigenvalue weighted by Crippen LogP contribution is 2.46. The Morgan fingerprint density at radius 3 is 2.59 bits per heavy atom. The van der Waals surface area contributed by atoms with Crippen molar-refractivity contribution in [3.8, 4) is 0 Å². The van der Waals surface area contributed by atoms with Crippen molar-refractivity contribution in [2.45, 2.75) is 56.8 Å². The first-order valence-electron chi connectivity index (χ1n) is 10.2. The number of hydrogen-bond acceptors (Lipinski definition) is 4. The van der Waals surface area contributed by atoms with E-state index in [2.05, 4.69) is 0 Å². The molecule has 1 aliphatic carbocycles. The van der Waals surface area contributed by atoms with Crippen LogP contribution in [0.2, 0.25) is 0 Å². The van der Waals surface area contributed by atoms with Crippen LogP contribution in [0, 0.1) is 5.92 Å². The monoisotopic (exact) mass is 367 g/mol. The standard InChI is InChI=1S/C22H25NO4/c24-20-16-10-4-5-11-17(16)27-21-18(20)19(14-7-2-1-3-8-14)23(22(21)25)13-15-9-6-12-26-15/h1-3,7-8,15-17,19H,4-6,9-13H2. The van der Waals surface area contributed by atoms with Gasteiger partial charge in [0.25, 0.3) is 5.91 Å². The van der Waals surface area contributed by atoms with Crippen LogP contribution < -0.4 is 0 Å². The van der Waals surface area contributed by atoms with Gasteiger partial charge in [0.2, 0.25) is 0 Å². The molecule has 1 saturated heterocycles. The second kappa shape index (κ2) is 6.79. The zero-order valence-electron chi connectivity index (χ0n) is 15.4. The van der Waals surface area contributed by atoms with E-state index in [-0.39, 0.29) is 35.9 Å². The Bertz CT molecular complexity index is 781. The number of hydrogen-bond donors (Lipinski definition) is 0. The summed E-state index contributed by atoms with van der Waals surface area (Å²) in [5.41, 5.74) is 1.55. The molecule has 5 heteroatoms. The second-order valence-electron chi connectivity index (χ2n) is 8.06. The zero-order chi connectivity index (χ0) is 18.4. The lowest BCUT2D eigenvalue weighted by atomic mass is 9.77. The van der Waals surface area contributed by atoms with Gasteiger partial charge in [0.15, 0.2) is 11.5 Å². The summed E-state index contributed by atoms with van der Waals surface area (Å²) >= 11 is 0. The van der Waals surface area contributed by atoms with Gasteiger partial charge in [-0.05, 0) is 37.7 Å². The van der Waals surface area contributed by atoms with Crippen molar-refractivity contribution < 1.29 is 19.1 Å². The van der Waals surface area contributed by atoms with Gasteiger partial charge in [-0.3, -0.25) is 9.59 Å². The summed E-state index contributed by atoms with van der Waals surface area (Å²) < 4.78 is 12.0. The van der Waals surface area contributed by atoms with Crippen LogP contribution in [0.15, 0.2) is 41.7 Å². The molecule has 4 aliphatic rings. The number of nitrogens with zero attached hydrogens (tertiary/aromatic N) is 1. The molecule has 3 heterocycles. The summed E-state index contributed by atoms with van der Waals surface area (Å²) in [7, 11) is 0. The maximum absolute atomic E-state index is 13.4. The molecule has 2 fully saturated rings. The third kappa shape index (κ3) is 2.80. The van der Waals surface area contributed by atoms with Crippen LogP contribution in [-0.4, -0.2) is 41.9 Å². The number of carbonyl (C=O) groups is 2. The summed E-state index contributed by atoms with van der Waals surface area (Å²) in [6, 6.07) is 9.51. The van der Waals surface area contributed by atoms with Crippen molar-refractivity contribution in [3.05, 3.63) is 47.2 Å². The molecule has 5 rings (SSSR count). The van der Waals surface area contributed by atoms with Crippen LogP contribution in [0.25, 0.3) is 0 Å². The van der Waals surface area contributed by atoms with E-state index in [4.69, 9.17) is 9.47 Å². The Morgan fingerprint density at radius 2 is 1.81 bits per heavy atom. The van der Waals surface area contributed by atoms with E-state index in [0.29, 0.717) is 17.9 Å². The normalized spacial score (nSPS) is 33.1. The summed E-state index contributed by atoms with van der Waals surface area (Å²) in [5.74, 6) is 0.180. The minimum Gasteiger partial charge on any atom is -0.483 e. The predicted molar refractivity (Wildman–Crippen MR) is 98.7 cm³/mol. The molecule has 3 aliphatic heterocycles. The number of ketones is 1. The van der Waals surface area contributed by atoms with E-state index in [1.54, 1.807) is 0 Å². The molecule has 142 valence electrons. The van der Waals surface area contributed by atoms with Gasteiger partial charge in [0, 0.05) is 13.2 Å². The Morgan fingerprint density at radius 1 is 1.00 bits per heavy atom. The summed E-state index contributed by atoms with van der Waals surface area (Å²) in [6.07, 6.45) is 5.73. The van der Waals surface area contributed by atoms with Crippen molar-refractivity contribution in [2.75, 3.05) is 13.2 Å². The number of rotatable bonds is 3. The van der Waals surface area contributed by atoms with E-state index >= 15 is 0 Å². The molecular weight excluding hydrogens is 342 g/mol. The minimum atomic E-state index is -0.353. The van der Waals surface area contributed by atoms with E-state index in [1.165, 1.54) is 0 Å². The second-order valence-corrected chi connectivity index (χ2v) is 8.06. The van der Waals surface area contributed by atoms with E-state index in [1.807, 2.05) is 35.2 Å². The molecule has 1 saturated carbocycles. The highest BCUT2D eigenvalue weighted by molar-refractivity contribution is 6.11. The quantitative estimate of drug-likeness (QED) is 0.823. The van der Waals surface area contributed by atoms with Crippen molar-refractivity contribution in [1.82, 2.24) is 4.90 Å². The Hall–Kier alpha value is -2.14. The molecule has 27 heavy (non-hydrogen) atoms. The van der Waals surface area contributed by atoms with Crippen molar-refractivity contribution in [3.63, 3.8) is 0 Å². The van der Waals surface area contributed by atoms with Crippen molar-refractivity contribution in [1.29, 1.82) is 0 Å². The Kier molecular flexibility index (Phi) is 4.27.